The maximum absolute atomic E-state index is 12.1. The van der Waals surface area contributed by atoms with E-state index in [0.717, 1.165) is 10.5 Å². The Morgan fingerprint density at radius 3 is 2.49 bits per heavy atom. The molecule has 0 bridgehead atoms. The molecule has 1 N–H and O–H groups in total. The van der Waals surface area contributed by atoms with Crippen molar-refractivity contribution in [3.63, 3.8) is 0 Å². The Morgan fingerprint density at radius 2 is 1.83 bits per heavy atom. The Hall–Kier alpha value is -3.08. The largest absolute Gasteiger partial charge is 0.490 e. The van der Waals surface area contributed by atoms with Crippen molar-refractivity contribution >= 4 is 57.1 Å². The van der Waals surface area contributed by atoms with Gasteiger partial charge in [-0.05, 0) is 76.9 Å². The van der Waals surface area contributed by atoms with Gasteiger partial charge in [-0.15, -0.1) is 11.8 Å². The van der Waals surface area contributed by atoms with Crippen LogP contribution < -0.4 is 14.9 Å². The first-order valence-corrected chi connectivity index (χ1v) is 12.5. The van der Waals surface area contributed by atoms with E-state index in [2.05, 4.69) is 26.5 Å². The van der Waals surface area contributed by atoms with E-state index in [-0.39, 0.29) is 24.0 Å². The molecule has 0 heterocycles. The second-order valence-corrected chi connectivity index (χ2v) is 9.34. The van der Waals surface area contributed by atoms with E-state index in [0.29, 0.717) is 33.2 Å². The highest BCUT2D eigenvalue weighted by molar-refractivity contribution is 9.10. The van der Waals surface area contributed by atoms with E-state index in [4.69, 9.17) is 21.1 Å². The summed E-state index contributed by atoms with van der Waals surface area (Å²) in [6.07, 6.45) is 1.51. The molecular weight excluding hydrogens is 558 g/mol. The van der Waals surface area contributed by atoms with Crippen molar-refractivity contribution in [2.24, 2.45) is 5.10 Å². The second kappa shape index (κ2) is 13.1. The fourth-order valence-corrected chi connectivity index (χ4v) is 4.03. The summed E-state index contributed by atoms with van der Waals surface area (Å²) in [4.78, 5) is 23.4. The number of hydrogen-bond acceptors (Lipinski definition) is 7. The quantitative estimate of drug-likeness (QED) is 0.125. The van der Waals surface area contributed by atoms with Gasteiger partial charge < -0.3 is 9.47 Å². The number of rotatable bonds is 11. The zero-order valence-electron chi connectivity index (χ0n) is 18.6. The molecule has 0 atom stereocenters. The number of non-ortho nitro benzene ring substituents is 1. The molecule has 0 aliphatic rings. The number of nitro groups is 1. The minimum atomic E-state index is -0.448. The number of benzene rings is 3. The highest BCUT2D eigenvalue weighted by Crippen LogP contribution is 2.34. The number of nitro benzene ring substituents is 1. The third-order valence-electron chi connectivity index (χ3n) is 4.48. The molecule has 8 nitrogen and oxygen atoms in total. The van der Waals surface area contributed by atoms with Crippen molar-refractivity contribution in [3.8, 4) is 11.5 Å². The van der Waals surface area contributed by atoms with Crippen LogP contribution in [-0.2, 0) is 11.4 Å². The van der Waals surface area contributed by atoms with Crippen LogP contribution in [0.2, 0.25) is 5.02 Å². The van der Waals surface area contributed by atoms with Crippen LogP contribution in [0.1, 0.15) is 18.1 Å². The normalized spacial score (nSPS) is 10.8. The van der Waals surface area contributed by atoms with Crippen LogP contribution in [-0.4, -0.2) is 29.4 Å². The van der Waals surface area contributed by atoms with E-state index in [1.54, 1.807) is 36.4 Å². The predicted octanol–water partition coefficient (Wildman–Crippen LogP) is 6.23. The first kappa shape index (κ1) is 26.5. The van der Waals surface area contributed by atoms with Crippen molar-refractivity contribution in [1.82, 2.24) is 5.43 Å². The number of carbonyl (C=O) groups is 1. The van der Waals surface area contributed by atoms with Crippen molar-refractivity contribution in [2.75, 3.05) is 12.4 Å². The summed E-state index contributed by atoms with van der Waals surface area (Å²) in [5.41, 5.74) is 3.99. The van der Waals surface area contributed by atoms with E-state index in [1.165, 1.54) is 30.1 Å². The molecule has 35 heavy (non-hydrogen) atoms. The Morgan fingerprint density at radius 1 is 1.14 bits per heavy atom. The standard InChI is InChI=1S/C24H21BrClN3O5S/c1-2-33-22-11-17(13-27-28-24(30)15-35-20-9-5-18(26)6-10-20)21(25)12-23(22)34-14-16-3-7-19(8-4-16)29(31)32/h3-13H,2,14-15H2,1H3,(H,28,30)/b27-13-. The lowest BCUT2D eigenvalue weighted by atomic mass is 10.2. The van der Waals surface area contributed by atoms with Crippen molar-refractivity contribution in [3.05, 3.63) is 91.4 Å². The predicted molar refractivity (Wildman–Crippen MR) is 141 cm³/mol. The Labute approximate surface area is 219 Å². The molecule has 0 unspecified atom stereocenters. The number of carbonyl (C=O) groups excluding carboxylic acids is 1. The third-order valence-corrected chi connectivity index (χ3v) is 6.43. The number of amides is 1. The topological polar surface area (TPSA) is 103 Å². The zero-order valence-corrected chi connectivity index (χ0v) is 21.7. The van der Waals surface area contributed by atoms with Gasteiger partial charge in [-0.25, -0.2) is 5.43 Å². The molecule has 1 amide bonds. The summed E-state index contributed by atoms with van der Waals surface area (Å²) in [6.45, 7) is 2.48. The van der Waals surface area contributed by atoms with Crippen LogP contribution in [0.4, 0.5) is 5.69 Å². The van der Waals surface area contributed by atoms with Crippen LogP contribution in [0, 0.1) is 10.1 Å². The van der Waals surface area contributed by atoms with E-state index in [1.807, 2.05) is 19.1 Å². The van der Waals surface area contributed by atoms with Gasteiger partial charge >= 0.3 is 0 Å². The third kappa shape index (κ3) is 8.27. The summed E-state index contributed by atoms with van der Waals surface area (Å²) < 4.78 is 12.3. The zero-order chi connectivity index (χ0) is 25.2. The lowest BCUT2D eigenvalue weighted by Gasteiger charge is -2.14. The number of ether oxygens (including phenoxy) is 2. The molecule has 0 spiro atoms. The summed E-state index contributed by atoms with van der Waals surface area (Å²) in [5.74, 6) is 0.964. The van der Waals surface area contributed by atoms with E-state index in [9.17, 15) is 14.9 Å². The van der Waals surface area contributed by atoms with Gasteiger partial charge in [0.05, 0.1) is 23.5 Å². The van der Waals surface area contributed by atoms with Gasteiger partial charge in [0, 0.05) is 32.1 Å². The van der Waals surface area contributed by atoms with E-state index >= 15 is 0 Å². The molecule has 0 aliphatic heterocycles. The fraction of sp³-hybridized carbons (Fsp3) is 0.167. The van der Waals surface area contributed by atoms with Crippen LogP contribution in [0.25, 0.3) is 0 Å². The van der Waals surface area contributed by atoms with Crippen molar-refractivity contribution in [1.29, 1.82) is 0 Å². The van der Waals surface area contributed by atoms with Crippen LogP contribution in [0.15, 0.2) is 75.1 Å². The van der Waals surface area contributed by atoms with Crippen molar-refractivity contribution in [2.45, 2.75) is 18.4 Å². The molecule has 0 saturated heterocycles. The molecule has 3 aromatic carbocycles. The molecule has 0 aromatic heterocycles. The lowest BCUT2D eigenvalue weighted by Crippen LogP contribution is -2.19. The summed E-state index contributed by atoms with van der Waals surface area (Å²) in [7, 11) is 0. The maximum Gasteiger partial charge on any atom is 0.269 e. The van der Waals surface area contributed by atoms with Crippen molar-refractivity contribution < 1.29 is 19.2 Å². The summed E-state index contributed by atoms with van der Waals surface area (Å²) in [5, 5.41) is 15.5. The van der Waals surface area contributed by atoms with Crippen LogP contribution >= 0.6 is 39.3 Å². The SMILES string of the molecule is CCOc1cc(/C=N\NC(=O)CSc2ccc(Cl)cc2)c(Br)cc1OCc1ccc([N+](=O)[O-])cc1. The number of nitrogens with one attached hydrogen (secondary N) is 1. The van der Waals surface area contributed by atoms with Gasteiger partial charge in [0.25, 0.3) is 5.69 Å². The molecule has 0 radical (unpaired) electrons. The average Bonchev–Trinajstić information content (AvgIpc) is 2.85. The van der Waals surface area contributed by atoms with Gasteiger partial charge in [0.1, 0.15) is 6.61 Å². The molecule has 11 heteroatoms. The van der Waals surface area contributed by atoms with Gasteiger partial charge in [0.2, 0.25) is 5.91 Å². The van der Waals surface area contributed by atoms with Gasteiger partial charge in [-0.2, -0.15) is 5.10 Å². The smallest absolute Gasteiger partial charge is 0.269 e. The van der Waals surface area contributed by atoms with Crippen LogP contribution in [0.5, 0.6) is 11.5 Å². The molecule has 3 aromatic rings. The first-order chi connectivity index (χ1) is 16.9. The molecule has 182 valence electrons. The molecule has 3 rings (SSSR count). The van der Waals surface area contributed by atoms with Gasteiger partial charge in [0.15, 0.2) is 11.5 Å². The van der Waals surface area contributed by atoms with Gasteiger partial charge in [-0.1, -0.05) is 11.6 Å². The number of thioether (sulfide) groups is 1. The minimum Gasteiger partial charge on any atom is -0.490 e. The molecule has 0 saturated carbocycles. The summed E-state index contributed by atoms with van der Waals surface area (Å²) >= 11 is 10.7. The van der Waals surface area contributed by atoms with Crippen LogP contribution in [0.3, 0.4) is 0 Å². The Kier molecular flexibility index (Phi) is 9.95. The van der Waals surface area contributed by atoms with E-state index < -0.39 is 4.92 Å². The Balaban J connectivity index is 1.60. The maximum atomic E-state index is 12.1. The highest BCUT2D eigenvalue weighted by atomic mass is 79.9. The number of hydrazone groups is 1. The highest BCUT2D eigenvalue weighted by Gasteiger charge is 2.12. The summed E-state index contributed by atoms with van der Waals surface area (Å²) in [6, 6.07) is 16.9. The Bertz CT molecular complexity index is 1210. The molecule has 0 fully saturated rings. The van der Waals surface area contributed by atoms with Gasteiger partial charge in [-0.3, -0.25) is 14.9 Å². The number of nitrogens with zero attached hydrogens (tertiary/aromatic N) is 2. The lowest BCUT2D eigenvalue weighted by molar-refractivity contribution is -0.384. The minimum absolute atomic E-state index is 0.0193. The number of hydrogen-bond donors (Lipinski definition) is 1. The fourth-order valence-electron chi connectivity index (χ4n) is 2.79. The molecular formula is C24H21BrClN3O5S. The number of halogens is 2. The second-order valence-electron chi connectivity index (χ2n) is 7.00. The monoisotopic (exact) mass is 577 g/mol. The molecule has 0 aliphatic carbocycles. The average molecular weight is 579 g/mol. The first-order valence-electron chi connectivity index (χ1n) is 10.4.